The number of carbonyl (C=O) groups is 2. The van der Waals surface area contributed by atoms with Crippen LogP contribution in [0, 0.1) is 50.7 Å². The normalized spacial score (nSPS) is 50.6. The van der Waals surface area contributed by atoms with E-state index < -0.39 is 28.8 Å². The van der Waals surface area contributed by atoms with E-state index in [4.69, 9.17) is 15.2 Å². The van der Waals surface area contributed by atoms with E-state index in [1.54, 1.807) is 0 Å². The van der Waals surface area contributed by atoms with Crippen molar-refractivity contribution in [1.82, 2.24) is 0 Å². The molecular weight excluding hydrogens is 566 g/mol. The molecule has 0 radical (unpaired) electrons. The number of ether oxygens (including phenoxy) is 2. The van der Waals surface area contributed by atoms with Crippen molar-refractivity contribution >= 4 is 24.2 Å². The molecule has 6 fully saturated rings. The maximum absolute atomic E-state index is 13.4. The summed E-state index contributed by atoms with van der Waals surface area (Å²) in [6.07, 6.45) is 6.52. The summed E-state index contributed by atoms with van der Waals surface area (Å²) in [6.45, 7) is 18.6. The van der Waals surface area contributed by atoms with Gasteiger partial charge in [0.15, 0.2) is 0 Å². The number of rotatable bonds is 5. The molecule has 0 aromatic heterocycles. The third-order valence-corrected chi connectivity index (χ3v) is 14.8. The molecule has 0 aromatic carbocycles. The fourth-order valence-corrected chi connectivity index (χ4v) is 12.5. The second kappa shape index (κ2) is 9.89. The number of aliphatic hydroxyl groups excluding tert-OH is 1. The Labute approximate surface area is 265 Å². The van der Waals surface area contributed by atoms with Crippen LogP contribution in [0.4, 0.5) is 0 Å². The smallest absolute Gasteiger partial charge is 0.323 e. The van der Waals surface area contributed by atoms with Crippen LogP contribution >= 0.6 is 12.4 Å². The molecule has 0 aromatic rings. The summed E-state index contributed by atoms with van der Waals surface area (Å²) in [5.74, 6) is 0.105. The van der Waals surface area contributed by atoms with E-state index in [9.17, 15) is 19.8 Å². The highest BCUT2D eigenvalue weighted by molar-refractivity contribution is 5.86. The number of esters is 1. The summed E-state index contributed by atoms with van der Waals surface area (Å²) in [4.78, 5) is 26.8. The Morgan fingerprint density at radius 1 is 1.02 bits per heavy atom. The standard InChI is InChI=1S/C35H57NO6.ClH/c1-19(2)25(36)28(39)41-21-16-22-32(8)17-20(37)26(33(9)12-11-24(42-33)30(5,6)40)31(32,7)14-15-34(22)18-35(34)13-10-23(38)29(3,4)27(21)35;/h19-22,24-27,37,40H,10-18,36H2,1-9H3;1H/t20-,21-,22?,24-,25?,26-,27-,31+,32-,33+,34?,35?;/m0./s1. The fourth-order valence-electron chi connectivity index (χ4n) is 12.5. The summed E-state index contributed by atoms with van der Waals surface area (Å²) in [7, 11) is 0. The molecule has 1 heterocycles. The van der Waals surface area contributed by atoms with Crippen molar-refractivity contribution in [3.05, 3.63) is 0 Å². The van der Waals surface area contributed by atoms with Crippen molar-refractivity contribution in [2.24, 2.45) is 56.5 Å². The molecule has 4 N–H and O–H groups in total. The Balaban J connectivity index is 0.00000368. The van der Waals surface area contributed by atoms with Gasteiger partial charge >= 0.3 is 5.97 Å². The van der Waals surface area contributed by atoms with E-state index >= 15 is 0 Å². The molecule has 1 saturated heterocycles. The van der Waals surface area contributed by atoms with Gasteiger partial charge in [0, 0.05) is 23.7 Å². The molecular formula is C35H58ClNO6. The lowest BCUT2D eigenvalue weighted by Crippen LogP contribution is -2.62. The lowest BCUT2D eigenvalue weighted by molar-refractivity contribution is -0.210. The molecule has 246 valence electrons. The molecule has 4 unspecified atom stereocenters. The Kier molecular flexibility index (Phi) is 7.73. The fraction of sp³-hybridized carbons (Fsp3) is 0.943. The SMILES string of the molecule is CC(C)C(N)C(=O)O[C@H]1CC2C3(CC[C@]4(C)[C@@H]([C@@]5(C)CC[C@@H](C(C)(C)O)O5)[C@@H](O)C[C@@]24C)CC32CCC(=O)C(C)(C)[C@H]12.Cl. The van der Waals surface area contributed by atoms with E-state index in [0.29, 0.717) is 12.8 Å². The number of hydrogen-bond acceptors (Lipinski definition) is 7. The van der Waals surface area contributed by atoms with Crippen molar-refractivity contribution in [2.75, 3.05) is 0 Å². The third kappa shape index (κ3) is 4.26. The number of fused-ring (bicyclic) bond motifs is 2. The van der Waals surface area contributed by atoms with E-state index in [0.717, 1.165) is 44.9 Å². The molecule has 6 rings (SSSR count). The van der Waals surface area contributed by atoms with Gasteiger partial charge in [0.25, 0.3) is 0 Å². The highest BCUT2D eigenvalue weighted by atomic mass is 35.5. The van der Waals surface area contributed by atoms with Gasteiger partial charge in [-0.25, -0.2) is 0 Å². The van der Waals surface area contributed by atoms with E-state index in [-0.39, 0.29) is 81.7 Å². The zero-order chi connectivity index (χ0) is 31.1. The predicted octanol–water partition coefficient (Wildman–Crippen LogP) is 5.60. The summed E-state index contributed by atoms with van der Waals surface area (Å²) >= 11 is 0. The Morgan fingerprint density at radius 2 is 1.67 bits per heavy atom. The summed E-state index contributed by atoms with van der Waals surface area (Å²) < 4.78 is 13.1. The predicted molar refractivity (Wildman–Crippen MR) is 167 cm³/mol. The minimum atomic E-state index is -0.930. The summed E-state index contributed by atoms with van der Waals surface area (Å²) in [5, 5.41) is 22.7. The van der Waals surface area contributed by atoms with E-state index in [1.165, 1.54) is 0 Å². The summed E-state index contributed by atoms with van der Waals surface area (Å²) in [5.41, 5.74) is 4.02. The monoisotopic (exact) mass is 623 g/mol. The number of halogens is 1. The average molecular weight is 624 g/mol. The summed E-state index contributed by atoms with van der Waals surface area (Å²) in [6, 6.07) is -0.692. The number of Topliss-reactive ketones (excluding diaryl/α,β-unsaturated/α-hetero) is 1. The zero-order valence-electron chi connectivity index (χ0n) is 28.0. The molecule has 1 aliphatic heterocycles. The molecule has 5 aliphatic carbocycles. The molecule has 0 amide bonds. The molecule has 2 spiro atoms. The molecule has 8 heteroatoms. The number of carbonyl (C=O) groups excluding carboxylic acids is 2. The van der Waals surface area contributed by atoms with Crippen LogP contribution in [0.2, 0.25) is 0 Å². The minimum absolute atomic E-state index is 0. The van der Waals surface area contributed by atoms with Crippen molar-refractivity contribution in [3.63, 3.8) is 0 Å². The highest BCUT2D eigenvalue weighted by Gasteiger charge is 2.85. The van der Waals surface area contributed by atoms with Gasteiger partial charge in [-0.1, -0.05) is 41.5 Å². The number of ketones is 1. The lowest BCUT2D eigenvalue weighted by atomic mass is 9.41. The van der Waals surface area contributed by atoms with Gasteiger partial charge in [-0.05, 0) is 106 Å². The molecule has 12 atom stereocenters. The van der Waals surface area contributed by atoms with Gasteiger partial charge in [0.1, 0.15) is 17.9 Å². The topological polar surface area (TPSA) is 119 Å². The van der Waals surface area contributed by atoms with Crippen molar-refractivity contribution < 1.29 is 29.3 Å². The molecule has 0 bridgehead atoms. The van der Waals surface area contributed by atoms with Gasteiger partial charge in [0.2, 0.25) is 0 Å². The van der Waals surface area contributed by atoms with Gasteiger partial charge in [-0.15, -0.1) is 12.4 Å². The molecule has 5 saturated carbocycles. The number of hydrogen-bond donors (Lipinski definition) is 3. The molecule has 43 heavy (non-hydrogen) atoms. The van der Waals surface area contributed by atoms with Gasteiger partial charge in [-0.2, -0.15) is 0 Å². The maximum Gasteiger partial charge on any atom is 0.323 e. The van der Waals surface area contributed by atoms with E-state index in [1.807, 2.05) is 27.7 Å². The highest BCUT2D eigenvalue weighted by Crippen LogP contribution is 2.89. The van der Waals surface area contributed by atoms with Crippen LogP contribution in [0.5, 0.6) is 0 Å². The minimum Gasteiger partial charge on any atom is -0.461 e. The molecule has 6 aliphatic rings. The number of nitrogens with two attached hydrogens (primary N) is 1. The Morgan fingerprint density at radius 3 is 2.26 bits per heavy atom. The largest absolute Gasteiger partial charge is 0.461 e. The van der Waals surface area contributed by atoms with Crippen LogP contribution in [-0.2, 0) is 19.1 Å². The Bertz CT molecular complexity index is 1170. The first-order valence-electron chi connectivity index (χ1n) is 16.8. The first kappa shape index (κ1) is 33.6. The van der Waals surface area contributed by atoms with Crippen LogP contribution in [0.15, 0.2) is 0 Å². The van der Waals surface area contributed by atoms with Crippen molar-refractivity contribution in [1.29, 1.82) is 0 Å². The van der Waals surface area contributed by atoms with Gasteiger partial charge in [0.05, 0.1) is 23.4 Å². The van der Waals surface area contributed by atoms with Crippen molar-refractivity contribution in [2.45, 2.75) is 156 Å². The van der Waals surface area contributed by atoms with Crippen LogP contribution in [-0.4, -0.2) is 57.5 Å². The van der Waals surface area contributed by atoms with Crippen molar-refractivity contribution in [3.8, 4) is 0 Å². The van der Waals surface area contributed by atoms with Crippen LogP contribution in [0.3, 0.4) is 0 Å². The Hall–Kier alpha value is -0.730. The second-order valence-electron chi connectivity index (χ2n) is 17.8. The third-order valence-electron chi connectivity index (χ3n) is 14.8. The maximum atomic E-state index is 13.4. The van der Waals surface area contributed by atoms with Crippen LogP contribution < -0.4 is 5.73 Å². The van der Waals surface area contributed by atoms with Crippen LogP contribution in [0.1, 0.15) is 120 Å². The quantitative estimate of drug-likeness (QED) is 0.341. The second-order valence-corrected chi connectivity index (χ2v) is 17.8. The van der Waals surface area contributed by atoms with Crippen LogP contribution in [0.25, 0.3) is 0 Å². The lowest BCUT2D eigenvalue weighted by Gasteiger charge is -2.64. The van der Waals surface area contributed by atoms with Gasteiger partial charge in [-0.3, -0.25) is 9.59 Å². The number of aliphatic hydroxyl groups is 2. The first-order chi connectivity index (χ1) is 19.2. The van der Waals surface area contributed by atoms with E-state index in [2.05, 4.69) is 34.6 Å². The average Bonchev–Trinajstić information content (AvgIpc) is 3.24. The first-order valence-corrected chi connectivity index (χ1v) is 16.8. The molecule has 7 nitrogen and oxygen atoms in total. The zero-order valence-corrected chi connectivity index (χ0v) is 28.8. The van der Waals surface area contributed by atoms with Gasteiger partial charge < -0.3 is 25.4 Å².